The summed E-state index contributed by atoms with van der Waals surface area (Å²) < 4.78 is 25.4. The molecule has 0 spiro atoms. The molecule has 0 amide bonds. The Morgan fingerprint density at radius 1 is 0.474 bits per heavy atom. The molecule has 76 heavy (non-hydrogen) atoms. The summed E-state index contributed by atoms with van der Waals surface area (Å²) in [4.78, 5) is 32.2. The lowest BCUT2D eigenvalue weighted by Gasteiger charge is -2.16. The van der Waals surface area contributed by atoms with Crippen LogP contribution in [0.25, 0.3) is 41.1 Å². The van der Waals surface area contributed by atoms with Crippen molar-refractivity contribution in [3.63, 3.8) is 0 Å². The largest absolute Gasteiger partial charge is 0.508 e. The second kappa shape index (κ2) is 24.1. The van der Waals surface area contributed by atoms with E-state index in [-0.39, 0.29) is 23.4 Å². The zero-order chi connectivity index (χ0) is 53.4. The van der Waals surface area contributed by atoms with Gasteiger partial charge in [-0.1, -0.05) is 24.3 Å². The molecular formula is C64H70N2O8S2. The van der Waals surface area contributed by atoms with Crippen molar-refractivity contribution in [3.8, 4) is 55.4 Å². The Morgan fingerprint density at radius 2 is 0.855 bits per heavy atom. The third kappa shape index (κ3) is 14.0. The van der Waals surface area contributed by atoms with Crippen molar-refractivity contribution in [2.45, 2.75) is 80.1 Å². The molecule has 2 saturated heterocycles. The molecule has 2 aliphatic heterocycles. The van der Waals surface area contributed by atoms with Crippen molar-refractivity contribution in [1.82, 2.24) is 9.80 Å². The summed E-state index contributed by atoms with van der Waals surface area (Å²) in [5.74, 6) is 2.85. The van der Waals surface area contributed by atoms with E-state index in [0.717, 1.165) is 85.1 Å². The molecule has 396 valence electrons. The van der Waals surface area contributed by atoms with Crippen molar-refractivity contribution in [2.24, 2.45) is 10.8 Å². The Morgan fingerprint density at radius 3 is 1.32 bits per heavy atom. The maximum atomic E-state index is 12.6. The smallest absolute Gasteiger partial charge is 0.316 e. The highest BCUT2D eigenvalue weighted by Gasteiger charge is 2.26. The number of benzene rings is 6. The minimum Gasteiger partial charge on any atom is -0.508 e. The summed E-state index contributed by atoms with van der Waals surface area (Å²) in [5.41, 5.74) is 5.75. The van der Waals surface area contributed by atoms with Crippen molar-refractivity contribution in [1.29, 1.82) is 0 Å². The second-order valence-electron chi connectivity index (χ2n) is 21.9. The molecule has 0 saturated carbocycles. The average Bonchev–Trinajstić information content (AvgIpc) is 4.29. The van der Waals surface area contributed by atoms with Gasteiger partial charge >= 0.3 is 11.9 Å². The Balaban J connectivity index is 0.000000195. The third-order valence-electron chi connectivity index (χ3n) is 13.8. The maximum absolute atomic E-state index is 12.6. The fourth-order valence-electron chi connectivity index (χ4n) is 9.37. The number of aromatic hydroxyl groups is 2. The van der Waals surface area contributed by atoms with Crippen molar-refractivity contribution < 1.29 is 38.7 Å². The van der Waals surface area contributed by atoms with E-state index in [1.807, 2.05) is 108 Å². The monoisotopic (exact) mass is 1060 g/mol. The van der Waals surface area contributed by atoms with Gasteiger partial charge in [-0.05, 0) is 260 Å². The number of thiophene rings is 2. The molecule has 10 rings (SSSR count). The fraction of sp³-hybridized carbons (Fsp3) is 0.344. The zero-order valence-corrected chi connectivity index (χ0v) is 46.3. The van der Waals surface area contributed by atoms with Gasteiger partial charge in [-0.25, -0.2) is 0 Å². The van der Waals surface area contributed by atoms with Crippen LogP contribution in [0.4, 0.5) is 0 Å². The van der Waals surface area contributed by atoms with Gasteiger partial charge in [0.25, 0.3) is 0 Å². The van der Waals surface area contributed by atoms with E-state index in [2.05, 4.69) is 58.3 Å². The minimum absolute atomic E-state index is 0.259. The predicted octanol–water partition coefficient (Wildman–Crippen LogP) is 14.6. The summed E-state index contributed by atoms with van der Waals surface area (Å²) in [6.07, 6.45) is 6.69. The lowest BCUT2D eigenvalue weighted by molar-refractivity contribution is -0.143. The SMILES string of the molecule is CC(C)(C)C(=O)Oc1ccc(-c2sc3cc(OC(=O)C(C)(C)C)ccc3c2Cc2ccc(OCCN3CCCC3)cc2)cc1.Oc1ccc(-c2sc3cc(O)ccc3c2Cc2ccc(OCCN3CCCC3)cc2)cc1. The van der Waals surface area contributed by atoms with E-state index >= 15 is 0 Å². The Labute approximate surface area is 455 Å². The van der Waals surface area contributed by atoms with Gasteiger partial charge in [-0.15, -0.1) is 22.7 Å². The number of likely N-dealkylation sites (tertiary alicyclic amines) is 2. The van der Waals surface area contributed by atoms with Gasteiger partial charge < -0.3 is 29.2 Å². The molecule has 2 N–H and O–H groups in total. The average molecular weight is 1060 g/mol. The molecule has 0 bridgehead atoms. The minimum atomic E-state index is -0.594. The number of nitrogens with zero attached hydrogens (tertiary/aromatic N) is 2. The Hall–Kier alpha value is -6.70. The molecular weight excluding hydrogens is 989 g/mol. The molecule has 0 aliphatic carbocycles. The standard InChI is InChI=1S/C37H43NO5S.C27H27NO3S/c1-36(2,3)34(39)42-28-15-11-26(12-16-28)33-31(30-18-17-29(24-32(30)44-33)43-35(40)37(4,5)6)23-25-9-13-27(14-10-25)41-22-21-38-19-7-8-20-38;29-21-7-5-20(6-8-21)27-25(24-12-9-22(30)18-26(24)32-27)17-19-3-10-23(11-4-19)31-16-15-28-13-1-2-14-28/h9-18,24H,7-8,19-23H2,1-6H3;3-12,18,29-30H,1-2,13-17H2. The highest BCUT2D eigenvalue weighted by Crippen LogP contribution is 2.44. The van der Waals surface area contributed by atoms with E-state index in [1.54, 1.807) is 40.9 Å². The lowest BCUT2D eigenvalue weighted by Crippen LogP contribution is -2.25. The van der Waals surface area contributed by atoms with Gasteiger partial charge in [-0.3, -0.25) is 19.4 Å². The molecule has 0 atom stereocenters. The molecule has 12 heteroatoms. The van der Waals surface area contributed by atoms with Gasteiger partial charge in [0.2, 0.25) is 0 Å². The fourth-order valence-corrected chi connectivity index (χ4v) is 11.9. The van der Waals surface area contributed by atoms with Gasteiger partial charge in [0, 0.05) is 32.2 Å². The van der Waals surface area contributed by atoms with Crippen LogP contribution in [-0.4, -0.2) is 84.4 Å². The summed E-state index contributed by atoms with van der Waals surface area (Å²) in [6.45, 7) is 19.2. The van der Waals surface area contributed by atoms with Crippen LogP contribution in [0.2, 0.25) is 0 Å². The maximum Gasteiger partial charge on any atom is 0.316 e. The highest BCUT2D eigenvalue weighted by molar-refractivity contribution is 7.23. The van der Waals surface area contributed by atoms with E-state index in [4.69, 9.17) is 18.9 Å². The zero-order valence-electron chi connectivity index (χ0n) is 44.7. The number of hydrogen-bond donors (Lipinski definition) is 2. The van der Waals surface area contributed by atoms with Crippen molar-refractivity contribution in [2.75, 3.05) is 52.5 Å². The van der Waals surface area contributed by atoms with Gasteiger partial charge in [0.1, 0.15) is 47.7 Å². The normalized spacial score (nSPS) is 14.2. The van der Waals surface area contributed by atoms with Crippen LogP contribution in [0, 0.1) is 10.8 Å². The molecule has 2 aromatic heterocycles. The van der Waals surface area contributed by atoms with Crippen LogP contribution < -0.4 is 18.9 Å². The first-order valence-electron chi connectivity index (χ1n) is 26.5. The first kappa shape index (κ1) is 54.1. The van der Waals surface area contributed by atoms with Crippen LogP contribution in [-0.2, 0) is 22.4 Å². The number of carbonyl (C=O) groups excluding carboxylic acids is 2. The van der Waals surface area contributed by atoms with E-state index < -0.39 is 10.8 Å². The van der Waals surface area contributed by atoms with Crippen molar-refractivity contribution in [3.05, 3.63) is 156 Å². The molecule has 6 aromatic carbocycles. The number of rotatable bonds is 16. The summed E-state index contributed by atoms with van der Waals surface area (Å²) >= 11 is 3.34. The molecule has 0 radical (unpaired) electrons. The molecule has 10 nitrogen and oxygen atoms in total. The highest BCUT2D eigenvalue weighted by atomic mass is 32.1. The van der Waals surface area contributed by atoms with Crippen LogP contribution in [0.3, 0.4) is 0 Å². The van der Waals surface area contributed by atoms with Crippen molar-refractivity contribution >= 4 is 54.8 Å². The first-order valence-corrected chi connectivity index (χ1v) is 28.2. The number of fused-ring (bicyclic) bond motifs is 2. The number of hydrogen-bond acceptors (Lipinski definition) is 12. The Kier molecular flexibility index (Phi) is 17.2. The summed E-state index contributed by atoms with van der Waals surface area (Å²) in [5, 5.41) is 21.9. The summed E-state index contributed by atoms with van der Waals surface area (Å²) in [7, 11) is 0. The third-order valence-corrected chi connectivity index (χ3v) is 16.3. The quantitative estimate of drug-likeness (QED) is 0.0715. The van der Waals surface area contributed by atoms with Crippen LogP contribution in [0.1, 0.15) is 89.5 Å². The van der Waals surface area contributed by atoms with Gasteiger partial charge in [0.15, 0.2) is 0 Å². The van der Waals surface area contributed by atoms with Crippen LogP contribution >= 0.6 is 22.7 Å². The molecule has 2 aliphatic rings. The predicted molar refractivity (Wildman–Crippen MR) is 309 cm³/mol. The van der Waals surface area contributed by atoms with Gasteiger partial charge in [0.05, 0.1) is 10.8 Å². The Bertz CT molecular complexity index is 3230. The second-order valence-corrected chi connectivity index (χ2v) is 24.0. The number of carbonyl (C=O) groups is 2. The van der Waals surface area contributed by atoms with Gasteiger partial charge in [-0.2, -0.15) is 0 Å². The number of esters is 2. The molecule has 8 aromatic rings. The number of phenols is 2. The molecule has 4 heterocycles. The lowest BCUT2D eigenvalue weighted by atomic mass is 9.97. The molecule has 2 fully saturated rings. The van der Waals surface area contributed by atoms with Crippen LogP contribution in [0.5, 0.6) is 34.5 Å². The topological polar surface area (TPSA) is 118 Å². The summed E-state index contributed by atoms with van der Waals surface area (Å²) in [6, 6.07) is 43.2. The first-order chi connectivity index (χ1) is 36.5. The van der Waals surface area contributed by atoms with E-state index in [9.17, 15) is 19.8 Å². The number of phenolic OH excluding ortho intramolecular Hbond substituents is 2. The van der Waals surface area contributed by atoms with E-state index in [1.165, 1.54) is 74.1 Å². The number of ether oxygens (including phenoxy) is 4. The molecule has 0 unspecified atom stereocenters. The van der Waals surface area contributed by atoms with E-state index in [0.29, 0.717) is 18.1 Å². The van der Waals surface area contributed by atoms with Crippen LogP contribution in [0.15, 0.2) is 133 Å².